The number of hydrogen-bond acceptors (Lipinski definition) is 2. The second-order valence-electron chi connectivity index (χ2n) is 3.31. The molecule has 0 aromatic carbocycles. The Hall–Kier alpha value is -0.350. The molecule has 0 radical (unpaired) electrons. The highest BCUT2D eigenvalue weighted by molar-refractivity contribution is 9.10. The fourth-order valence-corrected chi connectivity index (χ4v) is 2.23. The molecule has 0 spiro atoms. The zero-order valence-electron chi connectivity index (χ0n) is 7.07. The Kier molecular flexibility index (Phi) is 2.19. The lowest BCUT2D eigenvalue weighted by molar-refractivity contribution is 0.391. The van der Waals surface area contributed by atoms with Crippen LogP contribution in [-0.4, -0.2) is 34.6 Å². The minimum Gasteiger partial charge on any atom is -0.321 e. The van der Waals surface area contributed by atoms with Crippen molar-refractivity contribution in [2.45, 2.75) is 12.5 Å². The zero-order chi connectivity index (χ0) is 8.55. The molecule has 3 nitrogen and oxygen atoms in total. The lowest BCUT2D eigenvalue weighted by atomic mass is 10.3. The van der Waals surface area contributed by atoms with Gasteiger partial charge >= 0.3 is 0 Å². The Morgan fingerprint density at radius 2 is 2.50 bits per heavy atom. The molecule has 1 aliphatic rings. The quantitative estimate of drug-likeness (QED) is 0.729. The molecule has 4 heteroatoms. The average molecular weight is 230 g/mol. The summed E-state index contributed by atoms with van der Waals surface area (Å²) in [5.74, 6) is 0. The fraction of sp³-hybridized carbons (Fsp3) is 0.625. The number of halogens is 1. The predicted octanol–water partition coefficient (Wildman–Crippen LogP) is 1.52. The zero-order valence-corrected chi connectivity index (χ0v) is 8.66. The van der Waals surface area contributed by atoms with Crippen molar-refractivity contribution in [1.29, 1.82) is 0 Å². The van der Waals surface area contributed by atoms with E-state index in [0.29, 0.717) is 6.04 Å². The first-order chi connectivity index (χ1) is 5.77. The smallest absolute Gasteiger partial charge is 0.177 e. The molecule has 1 aliphatic heterocycles. The summed E-state index contributed by atoms with van der Waals surface area (Å²) in [6.45, 7) is 2.32. The van der Waals surface area contributed by atoms with Crippen molar-refractivity contribution < 1.29 is 0 Å². The summed E-state index contributed by atoms with van der Waals surface area (Å²) in [6, 6.07) is 0.604. The molecule has 0 N–H and O–H groups in total. The van der Waals surface area contributed by atoms with Crippen molar-refractivity contribution >= 4 is 15.9 Å². The van der Waals surface area contributed by atoms with Crippen molar-refractivity contribution in [3.8, 4) is 0 Å². The van der Waals surface area contributed by atoms with Gasteiger partial charge in [-0.3, -0.25) is 0 Å². The van der Waals surface area contributed by atoms with Gasteiger partial charge in [0.2, 0.25) is 0 Å². The van der Waals surface area contributed by atoms with E-state index in [1.807, 2.05) is 12.4 Å². The maximum Gasteiger partial charge on any atom is 0.177 e. The molecule has 12 heavy (non-hydrogen) atoms. The summed E-state index contributed by atoms with van der Waals surface area (Å²) in [4.78, 5) is 6.49. The lowest BCUT2D eigenvalue weighted by Gasteiger charge is -2.12. The standard InChI is InChI=1S/C8H12BrN3/c1-11-4-2-7(6-11)12-5-3-10-8(12)9/h3,5,7H,2,4,6H2,1H3. The number of nitrogens with zero attached hydrogens (tertiary/aromatic N) is 3. The number of rotatable bonds is 1. The van der Waals surface area contributed by atoms with Crippen LogP contribution in [0.15, 0.2) is 17.1 Å². The van der Waals surface area contributed by atoms with Crippen LogP contribution in [0.1, 0.15) is 12.5 Å². The van der Waals surface area contributed by atoms with Crippen LogP contribution in [0.25, 0.3) is 0 Å². The molecule has 0 aliphatic carbocycles. The molecule has 66 valence electrons. The third-order valence-electron chi connectivity index (χ3n) is 2.38. The Labute approximate surface area is 80.5 Å². The highest BCUT2D eigenvalue weighted by Gasteiger charge is 2.21. The Morgan fingerprint density at radius 1 is 1.67 bits per heavy atom. The Balaban J connectivity index is 2.16. The van der Waals surface area contributed by atoms with Crippen LogP contribution in [0.2, 0.25) is 0 Å². The van der Waals surface area contributed by atoms with Gasteiger partial charge in [-0.2, -0.15) is 0 Å². The summed E-state index contributed by atoms with van der Waals surface area (Å²) >= 11 is 3.43. The first kappa shape index (κ1) is 8.26. The van der Waals surface area contributed by atoms with E-state index in [4.69, 9.17) is 0 Å². The second-order valence-corrected chi connectivity index (χ2v) is 4.02. The molecular weight excluding hydrogens is 218 g/mol. The normalized spacial score (nSPS) is 25.0. The van der Waals surface area contributed by atoms with Gasteiger partial charge in [-0.25, -0.2) is 4.98 Å². The summed E-state index contributed by atoms with van der Waals surface area (Å²) in [5.41, 5.74) is 0. The van der Waals surface area contributed by atoms with Gasteiger partial charge in [0, 0.05) is 25.0 Å². The van der Waals surface area contributed by atoms with Crippen LogP contribution in [0.4, 0.5) is 0 Å². The van der Waals surface area contributed by atoms with E-state index in [2.05, 4.69) is 37.4 Å². The molecule has 2 heterocycles. The summed E-state index contributed by atoms with van der Waals surface area (Å²) in [6.07, 6.45) is 5.10. The van der Waals surface area contributed by atoms with Crippen molar-refractivity contribution in [2.24, 2.45) is 0 Å². The van der Waals surface area contributed by atoms with Crippen LogP contribution in [0.5, 0.6) is 0 Å². The van der Waals surface area contributed by atoms with Gasteiger partial charge < -0.3 is 9.47 Å². The monoisotopic (exact) mass is 229 g/mol. The molecule has 1 saturated heterocycles. The molecule has 1 aromatic rings. The van der Waals surface area contributed by atoms with Gasteiger partial charge in [0.05, 0.1) is 0 Å². The molecule has 0 saturated carbocycles. The number of imidazole rings is 1. The first-order valence-corrected chi connectivity index (χ1v) is 4.93. The maximum atomic E-state index is 4.15. The summed E-state index contributed by atoms with van der Waals surface area (Å²) in [7, 11) is 2.16. The van der Waals surface area contributed by atoms with Gasteiger partial charge in [0.15, 0.2) is 4.73 Å². The molecule has 1 unspecified atom stereocenters. The van der Waals surface area contributed by atoms with E-state index in [0.717, 1.165) is 11.3 Å². The fourth-order valence-electron chi connectivity index (χ4n) is 1.71. The molecular formula is C8H12BrN3. The third kappa shape index (κ3) is 1.41. The molecule has 0 amide bonds. The summed E-state index contributed by atoms with van der Waals surface area (Å²) in [5, 5.41) is 0. The molecule has 1 aromatic heterocycles. The molecule has 0 bridgehead atoms. The minimum atomic E-state index is 0.604. The van der Waals surface area contributed by atoms with Crippen molar-refractivity contribution in [3.63, 3.8) is 0 Å². The van der Waals surface area contributed by atoms with Gasteiger partial charge in [-0.15, -0.1) is 0 Å². The third-order valence-corrected chi connectivity index (χ3v) is 3.00. The van der Waals surface area contributed by atoms with E-state index in [9.17, 15) is 0 Å². The SMILES string of the molecule is CN1CCC(n2ccnc2Br)C1. The van der Waals surface area contributed by atoms with Gasteiger partial charge in [-0.05, 0) is 35.9 Å². The molecule has 1 atom stereocenters. The largest absolute Gasteiger partial charge is 0.321 e. The molecule has 2 rings (SSSR count). The van der Waals surface area contributed by atoms with E-state index in [1.165, 1.54) is 13.0 Å². The first-order valence-electron chi connectivity index (χ1n) is 4.14. The number of aromatic nitrogens is 2. The Morgan fingerprint density at radius 3 is 3.00 bits per heavy atom. The Bertz CT molecular complexity index is 271. The van der Waals surface area contributed by atoms with Crippen LogP contribution >= 0.6 is 15.9 Å². The van der Waals surface area contributed by atoms with Crippen LogP contribution in [-0.2, 0) is 0 Å². The van der Waals surface area contributed by atoms with Crippen LogP contribution in [0.3, 0.4) is 0 Å². The van der Waals surface area contributed by atoms with Crippen molar-refractivity contribution in [1.82, 2.24) is 14.5 Å². The van der Waals surface area contributed by atoms with Crippen molar-refractivity contribution in [3.05, 3.63) is 17.1 Å². The number of likely N-dealkylation sites (N-methyl/N-ethyl adjacent to an activating group) is 1. The maximum absolute atomic E-state index is 4.15. The molecule has 1 fully saturated rings. The average Bonchev–Trinajstić information content (AvgIpc) is 2.58. The van der Waals surface area contributed by atoms with E-state index in [-0.39, 0.29) is 0 Å². The number of hydrogen-bond donors (Lipinski definition) is 0. The van der Waals surface area contributed by atoms with Crippen LogP contribution < -0.4 is 0 Å². The van der Waals surface area contributed by atoms with Crippen LogP contribution in [0, 0.1) is 0 Å². The topological polar surface area (TPSA) is 21.1 Å². The lowest BCUT2D eigenvalue weighted by Crippen LogP contribution is -2.16. The predicted molar refractivity (Wildman–Crippen MR) is 51.1 cm³/mol. The van der Waals surface area contributed by atoms with Gasteiger partial charge in [-0.1, -0.05) is 0 Å². The van der Waals surface area contributed by atoms with Crippen molar-refractivity contribution in [2.75, 3.05) is 20.1 Å². The van der Waals surface area contributed by atoms with Gasteiger partial charge in [0.1, 0.15) is 0 Å². The highest BCUT2D eigenvalue weighted by atomic mass is 79.9. The van der Waals surface area contributed by atoms with E-state index < -0.39 is 0 Å². The number of likely N-dealkylation sites (tertiary alicyclic amines) is 1. The second kappa shape index (κ2) is 3.18. The highest BCUT2D eigenvalue weighted by Crippen LogP contribution is 2.23. The van der Waals surface area contributed by atoms with Gasteiger partial charge in [0.25, 0.3) is 0 Å². The van der Waals surface area contributed by atoms with E-state index >= 15 is 0 Å². The summed E-state index contributed by atoms with van der Waals surface area (Å²) < 4.78 is 3.14. The van der Waals surface area contributed by atoms with E-state index in [1.54, 1.807) is 0 Å². The minimum absolute atomic E-state index is 0.604.